The fourth-order valence-electron chi connectivity index (χ4n) is 1.44. The highest BCUT2D eigenvalue weighted by Crippen LogP contribution is 2.28. The number of rotatable bonds is 3. The highest BCUT2D eigenvalue weighted by molar-refractivity contribution is 7.09. The molecule has 88 valence electrons. The molecule has 0 spiro atoms. The van der Waals surface area contributed by atoms with E-state index in [4.69, 9.17) is 0 Å². The lowest BCUT2D eigenvalue weighted by Gasteiger charge is -1.97. The number of nitrogens with one attached hydrogen (secondary N) is 1. The molecule has 1 heterocycles. The second-order valence-electron chi connectivity index (χ2n) is 3.97. The fourth-order valence-corrected chi connectivity index (χ4v) is 2.10. The minimum Gasteiger partial charge on any atom is -0.358 e. The molecule has 0 atom stereocenters. The van der Waals surface area contributed by atoms with Gasteiger partial charge in [-0.3, -0.25) is 0 Å². The van der Waals surface area contributed by atoms with Crippen LogP contribution in [0.25, 0.3) is 11.4 Å². The molecule has 1 N–H and O–H groups in total. The minimum atomic E-state index is -0.881. The molecular weight excluding hydrogens is 244 g/mol. The molecule has 0 saturated heterocycles. The topological polar surface area (TPSA) is 37.8 Å². The molecule has 0 aliphatic heterocycles. The van der Waals surface area contributed by atoms with Crippen LogP contribution in [0.15, 0.2) is 18.2 Å². The van der Waals surface area contributed by atoms with Gasteiger partial charge in [0, 0.05) is 23.1 Å². The molecule has 3 rings (SSSR count). The van der Waals surface area contributed by atoms with E-state index < -0.39 is 11.6 Å². The molecule has 1 aromatic heterocycles. The molecule has 1 aromatic carbocycles. The Kier molecular flexibility index (Phi) is 2.51. The molecule has 1 saturated carbocycles. The van der Waals surface area contributed by atoms with Gasteiger partial charge in [0.25, 0.3) is 0 Å². The van der Waals surface area contributed by atoms with Gasteiger partial charge < -0.3 is 5.32 Å². The SMILES string of the molecule is Fc1ccc(-c2nsc(NC3CC3)n2)cc1F. The molecule has 0 unspecified atom stereocenters. The lowest BCUT2D eigenvalue weighted by molar-refractivity contribution is 0.509. The first-order valence-corrected chi connectivity index (χ1v) is 6.05. The summed E-state index contributed by atoms with van der Waals surface area (Å²) < 4.78 is 29.9. The van der Waals surface area contributed by atoms with E-state index in [0.29, 0.717) is 17.4 Å². The first kappa shape index (κ1) is 10.6. The van der Waals surface area contributed by atoms with Gasteiger partial charge in [0.2, 0.25) is 5.13 Å². The Morgan fingerprint density at radius 3 is 2.76 bits per heavy atom. The van der Waals surface area contributed by atoms with Gasteiger partial charge in [0.1, 0.15) is 0 Å². The van der Waals surface area contributed by atoms with E-state index >= 15 is 0 Å². The Bertz CT molecular complexity index is 551. The van der Waals surface area contributed by atoms with Crippen molar-refractivity contribution in [3.8, 4) is 11.4 Å². The Labute approximate surface area is 101 Å². The number of benzene rings is 1. The van der Waals surface area contributed by atoms with Gasteiger partial charge in [0.15, 0.2) is 17.5 Å². The van der Waals surface area contributed by atoms with Crippen molar-refractivity contribution < 1.29 is 8.78 Å². The second-order valence-corrected chi connectivity index (χ2v) is 4.72. The van der Waals surface area contributed by atoms with Crippen LogP contribution in [0.1, 0.15) is 12.8 Å². The monoisotopic (exact) mass is 253 g/mol. The van der Waals surface area contributed by atoms with Crippen LogP contribution in [0.3, 0.4) is 0 Å². The zero-order chi connectivity index (χ0) is 11.8. The lowest BCUT2D eigenvalue weighted by atomic mass is 10.2. The van der Waals surface area contributed by atoms with E-state index in [1.165, 1.54) is 17.6 Å². The van der Waals surface area contributed by atoms with Crippen molar-refractivity contribution in [2.45, 2.75) is 18.9 Å². The van der Waals surface area contributed by atoms with E-state index in [0.717, 1.165) is 30.1 Å². The number of aromatic nitrogens is 2. The molecule has 6 heteroatoms. The Morgan fingerprint density at radius 2 is 2.06 bits per heavy atom. The maximum atomic E-state index is 13.0. The van der Waals surface area contributed by atoms with E-state index in [-0.39, 0.29) is 0 Å². The van der Waals surface area contributed by atoms with E-state index in [1.807, 2.05) is 0 Å². The molecule has 1 aliphatic rings. The van der Waals surface area contributed by atoms with Crippen LogP contribution in [-0.4, -0.2) is 15.4 Å². The summed E-state index contributed by atoms with van der Waals surface area (Å²) in [4.78, 5) is 4.24. The zero-order valence-electron chi connectivity index (χ0n) is 8.78. The number of hydrogen-bond acceptors (Lipinski definition) is 4. The third-order valence-electron chi connectivity index (χ3n) is 2.51. The highest BCUT2D eigenvalue weighted by Gasteiger charge is 2.22. The summed E-state index contributed by atoms with van der Waals surface area (Å²) in [7, 11) is 0. The third kappa shape index (κ3) is 2.26. The second kappa shape index (κ2) is 4.03. The van der Waals surface area contributed by atoms with Gasteiger partial charge in [-0.15, -0.1) is 0 Å². The quantitative estimate of drug-likeness (QED) is 0.913. The van der Waals surface area contributed by atoms with Crippen LogP contribution < -0.4 is 5.32 Å². The maximum absolute atomic E-state index is 13.0. The summed E-state index contributed by atoms with van der Waals surface area (Å²) in [5.74, 6) is -1.31. The molecule has 0 amide bonds. The molecule has 3 nitrogen and oxygen atoms in total. The largest absolute Gasteiger partial charge is 0.358 e. The van der Waals surface area contributed by atoms with Gasteiger partial charge >= 0.3 is 0 Å². The first-order valence-electron chi connectivity index (χ1n) is 5.28. The normalized spacial score (nSPS) is 14.9. The summed E-state index contributed by atoms with van der Waals surface area (Å²) in [6.45, 7) is 0. The smallest absolute Gasteiger partial charge is 0.203 e. The number of halogens is 2. The van der Waals surface area contributed by atoms with Gasteiger partial charge in [-0.2, -0.15) is 9.36 Å². The van der Waals surface area contributed by atoms with Crippen LogP contribution in [0.4, 0.5) is 13.9 Å². The Balaban J connectivity index is 1.86. The molecule has 1 aliphatic carbocycles. The molecular formula is C11H9F2N3S. The van der Waals surface area contributed by atoms with Gasteiger partial charge in [-0.05, 0) is 31.0 Å². The minimum absolute atomic E-state index is 0.428. The molecule has 2 aromatic rings. The van der Waals surface area contributed by atoms with Crippen molar-refractivity contribution in [1.82, 2.24) is 9.36 Å². The van der Waals surface area contributed by atoms with Crippen molar-refractivity contribution in [2.75, 3.05) is 5.32 Å². The highest BCUT2D eigenvalue weighted by atomic mass is 32.1. The Hall–Kier alpha value is -1.56. The van der Waals surface area contributed by atoms with Crippen LogP contribution in [0.5, 0.6) is 0 Å². The number of hydrogen-bond donors (Lipinski definition) is 1. The molecule has 0 radical (unpaired) electrons. The lowest BCUT2D eigenvalue weighted by Crippen LogP contribution is -1.99. The maximum Gasteiger partial charge on any atom is 0.203 e. The van der Waals surface area contributed by atoms with Crippen LogP contribution in [0, 0.1) is 11.6 Å². The van der Waals surface area contributed by atoms with Crippen molar-refractivity contribution >= 4 is 16.7 Å². The van der Waals surface area contributed by atoms with E-state index in [2.05, 4.69) is 14.7 Å². The van der Waals surface area contributed by atoms with Crippen molar-refractivity contribution in [3.05, 3.63) is 29.8 Å². The average molecular weight is 253 g/mol. The zero-order valence-corrected chi connectivity index (χ0v) is 9.60. The molecule has 0 bridgehead atoms. The number of anilines is 1. The summed E-state index contributed by atoms with van der Waals surface area (Å²) in [5, 5.41) is 3.94. The first-order chi connectivity index (χ1) is 8.22. The van der Waals surface area contributed by atoms with Crippen LogP contribution in [-0.2, 0) is 0 Å². The fraction of sp³-hybridized carbons (Fsp3) is 0.273. The summed E-state index contributed by atoms with van der Waals surface area (Å²) in [6.07, 6.45) is 2.31. The molecule has 1 fully saturated rings. The number of nitrogens with zero attached hydrogens (tertiary/aromatic N) is 2. The van der Waals surface area contributed by atoms with Crippen molar-refractivity contribution in [3.63, 3.8) is 0 Å². The van der Waals surface area contributed by atoms with Crippen LogP contribution >= 0.6 is 11.5 Å². The van der Waals surface area contributed by atoms with E-state index in [1.54, 1.807) is 0 Å². The summed E-state index contributed by atoms with van der Waals surface area (Å²) in [5.41, 5.74) is 0.490. The average Bonchev–Trinajstić information content (AvgIpc) is 2.99. The van der Waals surface area contributed by atoms with Crippen molar-refractivity contribution in [2.24, 2.45) is 0 Å². The van der Waals surface area contributed by atoms with E-state index in [9.17, 15) is 8.78 Å². The third-order valence-corrected chi connectivity index (χ3v) is 3.16. The molecule has 17 heavy (non-hydrogen) atoms. The summed E-state index contributed by atoms with van der Waals surface area (Å²) in [6, 6.07) is 4.17. The van der Waals surface area contributed by atoms with Gasteiger partial charge in [0.05, 0.1) is 0 Å². The van der Waals surface area contributed by atoms with Gasteiger partial charge in [-0.1, -0.05) is 0 Å². The Morgan fingerprint density at radius 1 is 1.24 bits per heavy atom. The standard InChI is InChI=1S/C11H9F2N3S/c12-8-4-1-6(5-9(8)13)10-15-11(17-16-10)14-7-2-3-7/h1,4-5,7H,2-3H2,(H,14,15,16). The summed E-state index contributed by atoms with van der Waals surface area (Å²) >= 11 is 1.23. The predicted molar refractivity (Wildman–Crippen MR) is 61.9 cm³/mol. The van der Waals surface area contributed by atoms with Crippen molar-refractivity contribution in [1.29, 1.82) is 0 Å². The van der Waals surface area contributed by atoms with Gasteiger partial charge in [-0.25, -0.2) is 8.78 Å². The van der Waals surface area contributed by atoms with Crippen LogP contribution in [0.2, 0.25) is 0 Å². The predicted octanol–water partition coefficient (Wildman–Crippen LogP) is 3.06.